The summed E-state index contributed by atoms with van der Waals surface area (Å²) in [6.45, 7) is 4.54. The van der Waals surface area contributed by atoms with Crippen LogP contribution in [0.15, 0.2) is 73.1 Å². The zero-order chi connectivity index (χ0) is 23.7. The fourth-order valence-corrected chi connectivity index (χ4v) is 4.76. The number of nitrogens with one attached hydrogen (secondary N) is 1. The highest BCUT2D eigenvalue weighted by Gasteiger charge is 2.19. The summed E-state index contributed by atoms with van der Waals surface area (Å²) in [5, 5.41) is 4.14. The molecule has 34 heavy (non-hydrogen) atoms. The number of carbonyl (C=O) groups excluding carboxylic acids is 1. The molecule has 5 rings (SSSR count). The molecule has 0 aliphatic carbocycles. The van der Waals surface area contributed by atoms with Gasteiger partial charge in [-0.3, -0.25) is 9.69 Å². The first-order chi connectivity index (χ1) is 16.5. The molecule has 6 nitrogen and oxygen atoms in total. The Kier molecular flexibility index (Phi) is 6.07. The highest BCUT2D eigenvalue weighted by atomic mass is 16.1. The zero-order valence-electron chi connectivity index (χ0n) is 20.0. The van der Waals surface area contributed by atoms with Crippen molar-refractivity contribution in [3.8, 4) is 0 Å². The first-order valence-corrected chi connectivity index (χ1v) is 11.9. The average molecular weight is 454 g/mol. The number of amides is 1. The summed E-state index contributed by atoms with van der Waals surface area (Å²) in [5.74, 6) is 0.378. The standard InChI is InChI=1S/C28H31N5O/c1-20(33-15-4-5-16-33)21-6-8-22(9-7-21)28(34)30-27-19-25(12-14-29-27)32(3)24-10-11-26-23(18-24)13-17-31(26)2/h6-14,17-20H,4-5,15-16H2,1-3H3,(H,29,30,34). The van der Waals surface area contributed by atoms with Gasteiger partial charge >= 0.3 is 0 Å². The lowest BCUT2D eigenvalue weighted by molar-refractivity contribution is 0.102. The minimum Gasteiger partial charge on any atom is -0.351 e. The van der Waals surface area contributed by atoms with Crippen LogP contribution in [0.1, 0.15) is 41.7 Å². The number of hydrogen-bond donors (Lipinski definition) is 1. The molecule has 1 N–H and O–H groups in total. The van der Waals surface area contributed by atoms with Gasteiger partial charge in [0.15, 0.2) is 0 Å². The largest absolute Gasteiger partial charge is 0.351 e. The Morgan fingerprint density at radius 1 is 1.00 bits per heavy atom. The summed E-state index contributed by atoms with van der Waals surface area (Å²) in [6, 6.07) is 20.7. The number of hydrogen-bond acceptors (Lipinski definition) is 4. The minimum atomic E-state index is -0.154. The Morgan fingerprint density at radius 2 is 1.74 bits per heavy atom. The van der Waals surface area contributed by atoms with Crippen LogP contribution in [0.3, 0.4) is 0 Å². The second kappa shape index (κ2) is 9.31. The van der Waals surface area contributed by atoms with E-state index in [1.807, 2.05) is 38.4 Å². The van der Waals surface area contributed by atoms with E-state index in [9.17, 15) is 4.79 Å². The number of carbonyl (C=O) groups is 1. The summed E-state index contributed by atoms with van der Waals surface area (Å²) in [6.07, 6.45) is 6.33. The van der Waals surface area contributed by atoms with Crippen molar-refractivity contribution in [2.45, 2.75) is 25.8 Å². The molecular formula is C28H31N5O. The van der Waals surface area contributed by atoms with E-state index in [0.717, 1.165) is 24.5 Å². The van der Waals surface area contributed by atoms with Gasteiger partial charge in [-0.1, -0.05) is 12.1 Å². The molecule has 1 aliphatic heterocycles. The molecule has 1 fully saturated rings. The first kappa shape index (κ1) is 22.2. The van der Waals surface area contributed by atoms with E-state index in [0.29, 0.717) is 17.4 Å². The van der Waals surface area contributed by atoms with Crippen LogP contribution in [0.25, 0.3) is 10.9 Å². The lowest BCUT2D eigenvalue weighted by Gasteiger charge is -2.24. The smallest absolute Gasteiger partial charge is 0.256 e. The molecule has 4 aromatic rings. The van der Waals surface area contributed by atoms with E-state index in [4.69, 9.17) is 0 Å². The molecule has 174 valence electrons. The molecule has 0 bridgehead atoms. The maximum Gasteiger partial charge on any atom is 0.256 e. The molecule has 3 heterocycles. The number of nitrogens with zero attached hydrogens (tertiary/aromatic N) is 4. The van der Waals surface area contributed by atoms with Crippen molar-refractivity contribution in [1.82, 2.24) is 14.5 Å². The molecule has 1 saturated heterocycles. The van der Waals surface area contributed by atoms with Crippen LogP contribution < -0.4 is 10.2 Å². The van der Waals surface area contributed by atoms with Crippen LogP contribution in [0.5, 0.6) is 0 Å². The number of rotatable bonds is 6. The van der Waals surface area contributed by atoms with Crippen LogP contribution in [0, 0.1) is 0 Å². The fraction of sp³-hybridized carbons (Fsp3) is 0.286. The quantitative estimate of drug-likeness (QED) is 0.404. The summed E-state index contributed by atoms with van der Waals surface area (Å²) in [7, 11) is 4.07. The van der Waals surface area contributed by atoms with Gasteiger partial charge < -0.3 is 14.8 Å². The Hall–Kier alpha value is -3.64. The zero-order valence-corrected chi connectivity index (χ0v) is 20.0. The van der Waals surface area contributed by atoms with E-state index in [-0.39, 0.29) is 5.91 Å². The Morgan fingerprint density at radius 3 is 2.50 bits per heavy atom. The van der Waals surface area contributed by atoms with Gasteiger partial charge in [0.2, 0.25) is 0 Å². The summed E-state index contributed by atoms with van der Waals surface area (Å²) in [4.78, 5) is 21.8. The van der Waals surface area contributed by atoms with Gasteiger partial charge in [0.25, 0.3) is 5.91 Å². The summed E-state index contributed by atoms with van der Waals surface area (Å²) >= 11 is 0. The van der Waals surface area contributed by atoms with Crippen molar-refractivity contribution in [2.75, 3.05) is 30.4 Å². The second-order valence-corrected chi connectivity index (χ2v) is 9.12. The number of benzene rings is 2. The third kappa shape index (κ3) is 4.41. The fourth-order valence-electron chi connectivity index (χ4n) is 4.76. The molecule has 6 heteroatoms. The number of fused-ring (bicyclic) bond motifs is 1. The SMILES string of the molecule is CC(c1ccc(C(=O)Nc2cc(N(C)c3ccc4c(ccn4C)c3)ccn2)cc1)N1CCCC1. The van der Waals surface area contributed by atoms with Crippen molar-refractivity contribution >= 4 is 34.0 Å². The molecular weight excluding hydrogens is 422 g/mol. The molecule has 1 unspecified atom stereocenters. The Labute approximate surface area is 200 Å². The molecule has 0 spiro atoms. The van der Waals surface area contributed by atoms with Gasteiger partial charge in [-0.15, -0.1) is 0 Å². The van der Waals surface area contributed by atoms with Crippen molar-refractivity contribution in [3.63, 3.8) is 0 Å². The monoisotopic (exact) mass is 453 g/mol. The molecule has 1 atom stereocenters. The number of pyridine rings is 1. The van der Waals surface area contributed by atoms with Crippen molar-refractivity contribution < 1.29 is 4.79 Å². The number of aromatic nitrogens is 2. The van der Waals surface area contributed by atoms with E-state index >= 15 is 0 Å². The molecule has 2 aromatic carbocycles. The van der Waals surface area contributed by atoms with Gasteiger partial charge in [-0.05, 0) is 80.9 Å². The lowest BCUT2D eigenvalue weighted by atomic mass is 10.0. The average Bonchev–Trinajstić information content (AvgIpc) is 3.53. The van der Waals surface area contributed by atoms with Gasteiger partial charge in [0.1, 0.15) is 5.82 Å². The number of likely N-dealkylation sites (tertiary alicyclic amines) is 1. The Bertz CT molecular complexity index is 1300. The van der Waals surface area contributed by atoms with Crippen molar-refractivity contribution in [1.29, 1.82) is 0 Å². The van der Waals surface area contributed by atoms with Gasteiger partial charge in [0, 0.05) is 66.4 Å². The van der Waals surface area contributed by atoms with Gasteiger partial charge in [-0.25, -0.2) is 4.98 Å². The van der Waals surface area contributed by atoms with Gasteiger partial charge in [-0.2, -0.15) is 0 Å². The predicted molar refractivity (Wildman–Crippen MR) is 139 cm³/mol. The summed E-state index contributed by atoms with van der Waals surface area (Å²) in [5.41, 5.74) is 5.10. The third-order valence-corrected chi connectivity index (χ3v) is 6.97. The first-order valence-electron chi connectivity index (χ1n) is 11.9. The normalized spacial score (nSPS) is 14.9. The molecule has 0 radical (unpaired) electrons. The van der Waals surface area contributed by atoms with Crippen LogP contribution in [-0.4, -0.2) is 40.5 Å². The summed E-state index contributed by atoms with van der Waals surface area (Å²) < 4.78 is 2.11. The van der Waals surface area contributed by atoms with Crippen LogP contribution in [0.4, 0.5) is 17.2 Å². The molecule has 0 saturated carbocycles. The molecule has 2 aromatic heterocycles. The third-order valence-electron chi connectivity index (χ3n) is 6.97. The molecule has 1 aliphatic rings. The highest BCUT2D eigenvalue weighted by Crippen LogP contribution is 2.29. The van der Waals surface area contributed by atoms with E-state index in [2.05, 4.69) is 74.2 Å². The maximum atomic E-state index is 12.9. The van der Waals surface area contributed by atoms with Crippen molar-refractivity contribution in [2.24, 2.45) is 7.05 Å². The topological polar surface area (TPSA) is 53.4 Å². The minimum absolute atomic E-state index is 0.154. The number of anilines is 3. The predicted octanol–water partition coefficient (Wildman–Crippen LogP) is 5.75. The highest BCUT2D eigenvalue weighted by molar-refractivity contribution is 6.04. The number of aryl methyl sites for hydroxylation is 1. The Balaban J connectivity index is 1.28. The van der Waals surface area contributed by atoms with Crippen LogP contribution >= 0.6 is 0 Å². The van der Waals surface area contributed by atoms with Crippen molar-refractivity contribution in [3.05, 3.63) is 84.2 Å². The van der Waals surface area contributed by atoms with E-state index in [1.165, 1.54) is 29.3 Å². The molecule has 1 amide bonds. The van der Waals surface area contributed by atoms with E-state index in [1.54, 1.807) is 6.20 Å². The lowest BCUT2D eigenvalue weighted by Crippen LogP contribution is -2.23. The van der Waals surface area contributed by atoms with E-state index < -0.39 is 0 Å². The maximum absolute atomic E-state index is 12.9. The second-order valence-electron chi connectivity index (χ2n) is 9.12. The van der Waals surface area contributed by atoms with Crippen LogP contribution in [-0.2, 0) is 7.05 Å². The van der Waals surface area contributed by atoms with Gasteiger partial charge in [0.05, 0.1) is 0 Å². The van der Waals surface area contributed by atoms with Crippen LogP contribution in [0.2, 0.25) is 0 Å².